The van der Waals surface area contributed by atoms with Crippen molar-refractivity contribution >= 4 is 5.90 Å². The normalized spacial score (nSPS) is 12.9. The summed E-state index contributed by atoms with van der Waals surface area (Å²) in [5.41, 5.74) is 4.81. The predicted octanol–water partition coefficient (Wildman–Crippen LogP) is 3.81. The molecule has 0 spiro atoms. The number of hydrogen-bond donors (Lipinski definition) is 1. The van der Waals surface area contributed by atoms with E-state index in [0.717, 1.165) is 0 Å². The van der Waals surface area contributed by atoms with Gasteiger partial charge in [-0.25, -0.2) is 0 Å². The number of nitrogens with one attached hydrogen (secondary N) is 1. The summed E-state index contributed by atoms with van der Waals surface area (Å²) in [7, 11) is 0. The zero-order valence-corrected chi connectivity index (χ0v) is 10.3. The SMILES string of the molecule is CCOC(=N)C1c2ccccc2-c2ccccc21. The standard InChI is InChI=1S/C16H15NO/c1-2-18-16(17)15-13-9-5-3-7-11(13)12-8-4-6-10-14(12)15/h3-10,15,17H,2H2,1H3. The second-order valence-corrected chi connectivity index (χ2v) is 4.40. The van der Waals surface area contributed by atoms with Gasteiger partial charge in [0.05, 0.1) is 12.5 Å². The molecule has 0 aromatic heterocycles. The Morgan fingerprint density at radius 2 is 1.50 bits per heavy atom. The van der Waals surface area contributed by atoms with Crippen molar-refractivity contribution in [3.8, 4) is 11.1 Å². The molecule has 3 rings (SSSR count). The smallest absolute Gasteiger partial charge is 0.192 e. The first-order valence-electron chi connectivity index (χ1n) is 6.22. The maximum atomic E-state index is 8.13. The van der Waals surface area contributed by atoms with Gasteiger partial charge in [0, 0.05) is 0 Å². The van der Waals surface area contributed by atoms with E-state index in [-0.39, 0.29) is 5.92 Å². The molecule has 1 aliphatic rings. The first kappa shape index (κ1) is 11.0. The van der Waals surface area contributed by atoms with E-state index in [4.69, 9.17) is 10.1 Å². The van der Waals surface area contributed by atoms with Gasteiger partial charge in [0.25, 0.3) is 0 Å². The fourth-order valence-electron chi connectivity index (χ4n) is 2.68. The van der Waals surface area contributed by atoms with Gasteiger partial charge < -0.3 is 4.74 Å². The number of rotatable bonds is 2. The van der Waals surface area contributed by atoms with Crippen LogP contribution in [0.5, 0.6) is 0 Å². The molecule has 0 aliphatic heterocycles. The molecule has 2 nitrogen and oxygen atoms in total. The summed E-state index contributed by atoms with van der Waals surface area (Å²) >= 11 is 0. The van der Waals surface area contributed by atoms with Crippen molar-refractivity contribution in [3.63, 3.8) is 0 Å². The fraction of sp³-hybridized carbons (Fsp3) is 0.188. The monoisotopic (exact) mass is 237 g/mol. The minimum atomic E-state index is -0.0441. The topological polar surface area (TPSA) is 33.1 Å². The van der Waals surface area contributed by atoms with E-state index < -0.39 is 0 Å². The largest absolute Gasteiger partial charge is 0.481 e. The van der Waals surface area contributed by atoms with Crippen molar-refractivity contribution < 1.29 is 4.74 Å². The highest BCUT2D eigenvalue weighted by Crippen LogP contribution is 2.44. The molecule has 0 bridgehead atoms. The lowest BCUT2D eigenvalue weighted by Gasteiger charge is -2.14. The summed E-state index contributed by atoms with van der Waals surface area (Å²) in [4.78, 5) is 0. The Bertz CT molecular complexity index is 558. The highest BCUT2D eigenvalue weighted by atomic mass is 16.5. The van der Waals surface area contributed by atoms with Crippen molar-refractivity contribution in [1.29, 1.82) is 5.41 Å². The van der Waals surface area contributed by atoms with Crippen LogP contribution in [-0.4, -0.2) is 12.5 Å². The molecule has 2 aromatic rings. The Morgan fingerprint density at radius 1 is 1.00 bits per heavy atom. The molecule has 0 saturated heterocycles. The zero-order valence-electron chi connectivity index (χ0n) is 10.3. The fourth-order valence-corrected chi connectivity index (χ4v) is 2.68. The molecule has 0 atom stereocenters. The van der Waals surface area contributed by atoms with E-state index in [0.29, 0.717) is 12.5 Å². The number of ether oxygens (including phenoxy) is 1. The Kier molecular flexibility index (Phi) is 2.63. The van der Waals surface area contributed by atoms with E-state index in [2.05, 4.69) is 24.3 Å². The van der Waals surface area contributed by atoms with Crippen molar-refractivity contribution in [2.24, 2.45) is 0 Å². The predicted molar refractivity (Wildman–Crippen MR) is 73.1 cm³/mol. The lowest BCUT2D eigenvalue weighted by atomic mass is 9.97. The molecular formula is C16H15NO. The lowest BCUT2D eigenvalue weighted by molar-refractivity contribution is 0.312. The van der Waals surface area contributed by atoms with Crippen LogP contribution in [-0.2, 0) is 4.74 Å². The summed E-state index contributed by atoms with van der Waals surface area (Å²) in [6.45, 7) is 2.46. The van der Waals surface area contributed by atoms with E-state index in [1.54, 1.807) is 0 Å². The molecule has 2 aromatic carbocycles. The van der Waals surface area contributed by atoms with Gasteiger partial charge in [-0.1, -0.05) is 48.5 Å². The summed E-state index contributed by atoms with van der Waals surface area (Å²) in [5.74, 6) is 0.298. The Morgan fingerprint density at radius 3 is 2.00 bits per heavy atom. The van der Waals surface area contributed by atoms with Gasteiger partial charge in [0.1, 0.15) is 0 Å². The third-order valence-electron chi connectivity index (χ3n) is 3.40. The number of hydrogen-bond acceptors (Lipinski definition) is 2. The first-order valence-corrected chi connectivity index (χ1v) is 6.22. The van der Waals surface area contributed by atoms with Gasteiger partial charge >= 0.3 is 0 Å². The summed E-state index contributed by atoms with van der Waals surface area (Å²) in [6, 6.07) is 16.6. The van der Waals surface area contributed by atoms with Gasteiger partial charge in [-0.3, -0.25) is 5.41 Å². The van der Waals surface area contributed by atoms with E-state index in [9.17, 15) is 0 Å². The summed E-state index contributed by atoms with van der Waals surface area (Å²) in [5, 5.41) is 8.13. The van der Waals surface area contributed by atoms with Crippen LogP contribution >= 0.6 is 0 Å². The van der Waals surface area contributed by atoms with Gasteiger partial charge in [0.2, 0.25) is 0 Å². The molecule has 0 unspecified atom stereocenters. The maximum absolute atomic E-state index is 8.13. The van der Waals surface area contributed by atoms with Gasteiger partial charge in [-0.2, -0.15) is 0 Å². The van der Waals surface area contributed by atoms with Crippen LogP contribution in [0.4, 0.5) is 0 Å². The highest BCUT2D eigenvalue weighted by molar-refractivity contribution is 5.94. The molecule has 0 saturated carbocycles. The molecule has 0 heterocycles. The average Bonchev–Trinajstić information content (AvgIpc) is 2.73. The van der Waals surface area contributed by atoms with Crippen molar-refractivity contribution in [2.45, 2.75) is 12.8 Å². The minimum Gasteiger partial charge on any atom is -0.481 e. The summed E-state index contributed by atoms with van der Waals surface area (Å²) in [6.07, 6.45) is 0. The van der Waals surface area contributed by atoms with Gasteiger partial charge in [-0.15, -0.1) is 0 Å². The van der Waals surface area contributed by atoms with Crippen LogP contribution in [0, 0.1) is 5.41 Å². The molecule has 1 N–H and O–H groups in total. The Labute approximate surface area is 107 Å². The van der Waals surface area contributed by atoms with Gasteiger partial charge in [0.15, 0.2) is 5.90 Å². The maximum Gasteiger partial charge on any atom is 0.192 e. The Balaban J connectivity index is 2.18. The van der Waals surface area contributed by atoms with Crippen molar-refractivity contribution in [3.05, 3.63) is 59.7 Å². The quantitative estimate of drug-likeness (QED) is 0.625. The van der Waals surface area contributed by atoms with E-state index in [1.807, 2.05) is 31.2 Å². The molecule has 2 heteroatoms. The third kappa shape index (κ3) is 1.53. The molecule has 1 aliphatic carbocycles. The Hall–Kier alpha value is -2.09. The second-order valence-electron chi connectivity index (χ2n) is 4.40. The average molecular weight is 237 g/mol. The second kappa shape index (κ2) is 4.30. The van der Waals surface area contributed by atoms with Crippen LogP contribution in [0.25, 0.3) is 11.1 Å². The zero-order chi connectivity index (χ0) is 12.5. The number of fused-ring (bicyclic) bond motifs is 3. The van der Waals surface area contributed by atoms with E-state index >= 15 is 0 Å². The van der Waals surface area contributed by atoms with Crippen LogP contribution in [0.1, 0.15) is 24.0 Å². The first-order chi connectivity index (χ1) is 8.83. The number of benzene rings is 2. The van der Waals surface area contributed by atoms with Crippen LogP contribution in [0.3, 0.4) is 0 Å². The summed E-state index contributed by atoms with van der Waals surface area (Å²) < 4.78 is 5.42. The van der Waals surface area contributed by atoms with Crippen LogP contribution in [0.15, 0.2) is 48.5 Å². The highest BCUT2D eigenvalue weighted by Gasteiger charge is 2.31. The minimum absolute atomic E-state index is 0.0441. The molecule has 90 valence electrons. The molecule has 18 heavy (non-hydrogen) atoms. The molecule has 0 radical (unpaired) electrons. The lowest BCUT2D eigenvalue weighted by Crippen LogP contribution is -2.14. The molecule has 0 amide bonds. The van der Waals surface area contributed by atoms with Crippen molar-refractivity contribution in [2.75, 3.05) is 6.61 Å². The van der Waals surface area contributed by atoms with Gasteiger partial charge in [-0.05, 0) is 29.2 Å². The van der Waals surface area contributed by atoms with Crippen LogP contribution in [0.2, 0.25) is 0 Å². The molecular weight excluding hydrogens is 222 g/mol. The van der Waals surface area contributed by atoms with Crippen molar-refractivity contribution in [1.82, 2.24) is 0 Å². The molecule has 0 fully saturated rings. The van der Waals surface area contributed by atoms with Crippen LogP contribution < -0.4 is 0 Å². The van der Waals surface area contributed by atoms with E-state index in [1.165, 1.54) is 22.3 Å². The third-order valence-corrected chi connectivity index (χ3v) is 3.40.